The summed E-state index contributed by atoms with van der Waals surface area (Å²) in [5.74, 6) is 0.294. The lowest BCUT2D eigenvalue weighted by atomic mass is 9.78. The standard InChI is InChI=1S/C14H27N3O/c1-4-14(7-5-8-16-14)12(18)17-9-6-11(15)13(2,3)10-17/h11,16H,4-10,15H2,1-3H3. The molecule has 2 unspecified atom stereocenters. The lowest BCUT2D eigenvalue weighted by Gasteiger charge is -2.45. The number of hydrogen-bond acceptors (Lipinski definition) is 3. The first-order valence-corrected chi connectivity index (χ1v) is 7.21. The fourth-order valence-corrected chi connectivity index (χ4v) is 3.29. The Morgan fingerprint density at radius 1 is 1.50 bits per heavy atom. The van der Waals surface area contributed by atoms with Crippen LogP contribution in [0, 0.1) is 5.41 Å². The number of piperidine rings is 1. The molecule has 0 radical (unpaired) electrons. The number of nitrogens with zero attached hydrogens (tertiary/aromatic N) is 1. The summed E-state index contributed by atoms with van der Waals surface area (Å²) in [7, 11) is 0. The molecular weight excluding hydrogens is 226 g/mol. The van der Waals surface area contributed by atoms with Gasteiger partial charge in [0, 0.05) is 19.1 Å². The van der Waals surface area contributed by atoms with Crippen LogP contribution in [0.2, 0.25) is 0 Å². The molecule has 0 saturated carbocycles. The Kier molecular flexibility index (Phi) is 3.70. The smallest absolute Gasteiger partial charge is 0.242 e. The van der Waals surface area contributed by atoms with Crippen LogP contribution in [0.15, 0.2) is 0 Å². The van der Waals surface area contributed by atoms with E-state index < -0.39 is 0 Å². The third-order valence-electron chi connectivity index (χ3n) is 4.86. The predicted octanol–water partition coefficient (Wildman–Crippen LogP) is 1.10. The largest absolute Gasteiger partial charge is 0.340 e. The molecule has 2 saturated heterocycles. The normalized spacial score (nSPS) is 35.8. The summed E-state index contributed by atoms with van der Waals surface area (Å²) in [6, 6.07) is 0.204. The summed E-state index contributed by atoms with van der Waals surface area (Å²) < 4.78 is 0. The number of hydrogen-bond donors (Lipinski definition) is 2. The van der Waals surface area contributed by atoms with Crippen LogP contribution in [0.1, 0.15) is 46.5 Å². The molecule has 104 valence electrons. The number of nitrogens with one attached hydrogen (secondary N) is 1. The minimum absolute atomic E-state index is 0.0292. The van der Waals surface area contributed by atoms with Crippen molar-refractivity contribution in [3.05, 3.63) is 0 Å². The summed E-state index contributed by atoms with van der Waals surface area (Å²) in [5, 5.41) is 3.43. The second-order valence-electron chi connectivity index (χ2n) is 6.58. The molecule has 1 amide bonds. The molecule has 2 rings (SSSR count). The van der Waals surface area contributed by atoms with Gasteiger partial charge < -0.3 is 16.0 Å². The van der Waals surface area contributed by atoms with E-state index >= 15 is 0 Å². The molecule has 4 heteroatoms. The number of amides is 1. The van der Waals surface area contributed by atoms with Gasteiger partial charge in [0.15, 0.2) is 0 Å². The maximum atomic E-state index is 12.8. The van der Waals surface area contributed by atoms with E-state index in [4.69, 9.17) is 5.73 Å². The van der Waals surface area contributed by atoms with Gasteiger partial charge in [0.25, 0.3) is 0 Å². The molecular formula is C14H27N3O. The maximum absolute atomic E-state index is 12.8. The third-order valence-corrected chi connectivity index (χ3v) is 4.86. The van der Waals surface area contributed by atoms with Crippen molar-refractivity contribution in [2.45, 2.75) is 58.0 Å². The third kappa shape index (κ3) is 2.28. The van der Waals surface area contributed by atoms with E-state index in [1.807, 2.05) is 4.90 Å². The molecule has 2 fully saturated rings. The van der Waals surface area contributed by atoms with Crippen LogP contribution in [-0.2, 0) is 4.79 Å². The average Bonchev–Trinajstić information content (AvgIpc) is 2.81. The minimum Gasteiger partial charge on any atom is -0.340 e. The molecule has 0 aromatic heterocycles. The summed E-state index contributed by atoms with van der Waals surface area (Å²) in [4.78, 5) is 14.8. The van der Waals surface area contributed by atoms with Crippen LogP contribution in [0.25, 0.3) is 0 Å². The fraction of sp³-hybridized carbons (Fsp3) is 0.929. The first kappa shape index (κ1) is 13.8. The highest BCUT2D eigenvalue weighted by Crippen LogP contribution is 2.32. The van der Waals surface area contributed by atoms with Crippen LogP contribution in [0.4, 0.5) is 0 Å². The van der Waals surface area contributed by atoms with Crippen LogP contribution in [0.3, 0.4) is 0 Å². The van der Waals surface area contributed by atoms with E-state index in [1.165, 1.54) is 0 Å². The van der Waals surface area contributed by atoms with Crippen LogP contribution >= 0.6 is 0 Å². The summed E-state index contributed by atoms with van der Waals surface area (Å²) in [5.41, 5.74) is 5.88. The van der Waals surface area contributed by atoms with Crippen molar-refractivity contribution < 1.29 is 4.79 Å². The predicted molar refractivity (Wildman–Crippen MR) is 73.2 cm³/mol. The maximum Gasteiger partial charge on any atom is 0.242 e. The molecule has 4 nitrogen and oxygen atoms in total. The van der Waals surface area contributed by atoms with E-state index in [0.717, 1.165) is 45.3 Å². The van der Waals surface area contributed by atoms with Crippen LogP contribution in [0.5, 0.6) is 0 Å². The van der Waals surface area contributed by atoms with Crippen molar-refractivity contribution in [1.82, 2.24) is 10.2 Å². The van der Waals surface area contributed by atoms with Gasteiger partial charge in [0.2, 0.25) is 5.91 Å². The zero-order valence-electron chi connectivity index (χ0n) is 12.0. The van der Waals surface area contributed by atoms with Crippen molar-refractivity contribution in [3.63, 3.8) is 0 Å². The van der Waals surface area contributed by atoms with E-state index in [1.54, 1.807) is 0 Å². The molecule has 0 aliphatic carbocycles. The van der Waals surface area contributed by atoms with E-state index in [-0.39, 0.29) is 17.0 Å². The van der Waals surface area contributed by atoms with Gasteiger partial charge in [-0.2, -0.15) is 0 Å². The van der Waals surface area contributed by atoms with Gasteiger partial charge in [0.05, 0.1) is 5.54 Å². The SMILES string of the molecule is CCC1(C(=O)N2CCC(N)C(C)(C)C2)CCCN1. The van der Waals surface area contributed by atoms with Crippen molar-refractivity contribution in [2.24, 2.45) is 11.1 Å². The molecule has 0 spiro atoms. The molecule has 2 aliphatic rings. The number of likely N-dealkylation sites (tertiary alicyclic amines) is 1. The molecule has 0 aromatic rings. The zero-order chi connectivity index (χ0) is 13.4. The summed E-state index contributed by atoms with van der Waals surface area (Å²) in [6.07, 6.45) is 3.88. The Morgan fingerprint density at radius 2 is 2.22 bits per heavy atom. The van der Waals surface area contributed by atoms with Gasteiger partial charge in [-0.05, 0) is 37.6 Å². The van der Waals surface area contributed by atoms with Gasteiger partial charge in [-0.3, -0.25) is 4.79 Å². The van der Waals surface area contributed by atoms with Crippen molar-refractivity contribution in [3.8, 4) is 0 Å². The lowest BCUT2D eigenvalue weighted by Crippen LogP contribution is -2.61. The highest BCUT2D eigenvalue weighted by Gasteiger charge is 2.45. The highest BCUT2D eigenvalue weighted by atomic mass is 16.2. The second kappa shape index (κ2) is 4.82. The van der Waals surface area contributed by atoms with Gasteiger partial charge in [-0.25, -0.2) is 0 Å². The number of nitrogens with two attached hydrogens (primary N) is 1. The van der Waals surface area contributed by atoms with E-state index in [0.29, 0.717) is 5.91 Å². The topological polar surface area (TPSA) is 58.4 Å². The van der Waals surface area contributed by atoms with Gasteiger partial charge in [0.1, 0.15) is 0 Å². The molecule has 2 heterocycles. The first-order valence-electron chi connectivity index (χ1n) is 7.21. The number of carbonyl (C=O) groups is 1. The fourth-order valence-electron chi connectivity index (χ4n) is 3.29. The van der Waals surface area contributed by atoms with Crippen LogP contribution in [-0.4, -0.2) is 42.0 Å². The average molecular weight is 253 g/mol. The van der Waals surface area contributed by atoms with Crippen LogP contribution < -0.4 is 11.1 Å². The Balaban J connectivity index is 2.10. The molecule has 18 heavy (non-hydrogen) atoms. The van der Waals surface area contributed by atoms with Crippen molar-refractivity contribution in [1.29, 1.82) is 0 Å². The second-order valence-corrected chi connectivity index (χ2v) is 6.58. The molecule has 2 atom stereocenters. The quantitative estimate of drug-likeness (QED) is 0.775. The monoisotopic (exact) mass is 253 g/mol. The summed E-state index contributed by atoms with van der Waals surface area (Å²) in [6.45, 7) is 9.01. The lowest BCUT2D eigenvalue weighted by molar-refractivity contribution is -0.141. The van der Waals surface area contributed by atoms with E-state index in [2.05, 4.69) is 26.1 Å². The highest BCUT2D eigenvalue weighted by molar-refractivity contribution is 5.87. The molecule has 0 aromatic carbocycles. The van der Waals surface area contributed by atoms with Gasteiger partial charge in [-0.1, -0.05) is 20.8 Å². The van der Waals surface area contributed by atoms with Crippen molar-refractivity contribution in [2.75, 3.05) is 19.6 Å². The zero-order valence-corrected chi connectivity index (χ0v) is 12.0. The number of carbonyl (C=O) groups excluding carboxylic acids is 1. The number of rotatable bonds is 2. The summed E-state index contributed by atoms with van der Waals surface area (Å²) >= 11 is 0. The minimum atomic E-state index is -0.294. The van der Waals surface area contributed by atoms with Gasteiger partial charge >= 0.3 is 0 Å². The first-order chi connectivity index (χ1) is 8.41. The Bertz CT molecular complexity index is 321. The molecule has 2 aliphatic heterocycles. The Labute approximate surface area is 110 Å². The van der Waals surface area contributed by atoms with E-state index in [9.17, 15) is 4.79 Å². The molecule has 0 bridgehead atoms. The Hall–Kier alpha value is -0.610. The van der Waals surface area contributed by atoms with Gasteiger partial charge in [-0.15, -0.1) is 0 Å². The van der Waals surface area contributed by atoms with Crippen molar-refractivity contribution >= 4 is 5.91 Å². The Morgan fingerprint density at radius 3 is 2.72 bits per heavy atom. The molecule has 3 N–H and O–H groups in total.